The summed E-state index contributed by atoms with van der Waals surface area (Å²) in [6, 6.07) is 3.29. The molecule has 5 rings (SSSR count). The number of carbonyl (C=O) groups is 1. The zero-order valence-corrected chi connectivity index (χ0v) is 21.7. The standard InChI is InChI=1S/C26H34FN7O3/c1-16-7-9-34-19(14-16)17(15-28-34)22-30-23(20(27)24(31-22)32-10-12-37-13-11-32)29-18-6-5-8-33(25(35)36)21(18)26(2,3)4/h7,9,14-15,18,21H,5-6,8,10-13H2,1-4H3,(H,35,36)(H,29,30,31)/t18-,21?/m1/s1. The van der Waals surface area contributed by atoms with Gasteiger partial charge in [0.2, 0.25) is 5.82 Å². The molecule has 0 saturated carbocycles. The molecule has 198 valence electrons. The smallest absolute Gasteiger partial charge is 0.407 e. The molecule has 1 amide bonds. The Morgan fingerprint density at radius 1 is 1.22 bits per heavy atom. The molecule has 37 heavy (non-hydrogen) atoms. The van der Waals surface area contributed by atoms with Gasteiger partial charge < -0.3 is 25.0 Å². The van der Waals surface area contributed by atoms with Crippen LogP contribution in [0.25, 0.3) is 16.9 Å². The number of aromatic nitrogens is 4. The second kappa shape index (κ2) is 9.77. The summed E-state index contributed by atoms with van der Waals surface area (Å²) in [5.74, 6) is 0.105. The van der Waals surface area contributed by atoms with Crippen LogP contribution in [0.5, 0.6) is 0 Å². The molecule has 5 heterocycles. The van der Waals surface area contributed by atoms with Gasteiger partial charge in [-0.25, -0.2) is 19.3 Å². The van der Waals surface area contributed by atoms with Crippen LogP contribution in [0, 0.1) is 18.2 Å². The van der Waals surface area contributed by atoms with E-state index in [1.165, 1.54) is 4.90 Å². The van der Waals surface area contributed by atoms with Gasteiger partial charge in [-0.2, -0.15) is 9.49 Å². The summed E-state index contributed by atoms with van der Waals surface area (Å²) in [7, 11) is 0. The van der Waals surface area contributed by atoms with E-state index in [0.29, 0.717) is 57.1 Å². The molecule has 2 aliphatic rings. The number of anilines is 2. The lowest BCUT2D eigenvalue weighted by Gasteiger charge is -2.47. The number of amides is 1. The molecule has 2 N–H and O–H groups in total. The van der Waals surface area contributed by atoms with Gasteiger partial charge in [0.25, 0.3) is 0 Å². The van der Waals surface area contributed by atoms with Gasteiger partial charge in [-0.05, 0) is 42.9 Å². The van der Waals surface area contributed by atoms with E-state index in [1.807, 2.05) is 50.9 Å². The van der Waals surface area contributed by atoms with Crippen molar-refractivity contribution in [1.82, 2.24) is 24.5 Å². The average molecular weight is 512 g/mol. The fourth-order valence-corrected chi connectivity index (χ4v) is 5.50. The Morgan fingerprint density at radius 2 is 1.97 bits per heavy atom. The number of ether oxygens (including phenoxy) is 1. The second-order valence-corrected chi connectivity index (χ2v) is 10.9. The lowest BCUT2D eigenvalue weighted by atomic mass is 9.77. The van der Waals surface area contributed by atoms with Crippen molar-refractivity contribution >= 4 is 23.2 Å². The largest absolute Gasteiger partial charge is 0.465 e. The maximum atomic E-state index is 16.1. The molecule has 3 aromatic heterocycles. The van der Waals surface area contributed by atoms with Gasteiger partial charge in [0.1, 0.15) is 0 Å². The summed E-state index contributed by atoms with van der Waals surface area (Å²) < 4.78 is 23.3. The van der Waals surface area contributed by atoms with E-state index in [1.54, 1.807) is 10.7 Å². The maximum absolute atomic E-state index is 16.1. The number of fused-ring (bicyclic) bond motifs is 1. The van der Waals surface area contributed by atoms with Crippen LogP contribution in [0.3, 0.4) is 0 Å². The minimum Gasteiger partial charge on any atom is -0.465 e. The third-order valence-corrected chi connectivity index (χ3v) is 7.15. The Hall–Kier alpha value is -3.47. The van der Waals surface area contributed by atoms with Crippen LogP contribution in [-0.4, -0.2) is 80.6 Å². The molecule has 0 bridgehead atoms. The molecule has 0 radical (unpaired) electrons. The lowest BCUT2D eigenvalue weighted by Crippen LogP contribution is -2.58. The number of hydrogen-bond acceptors (Lipinski definition) is 7. The molecule has 3 aromatic rings. The summed E-state index contributed by atoms with van der Waals surface area (Å²) >= 11 is 0. The topological polar surface area (TPSA) is 108 Å². The number of pyridine rings is 1. The Morgan fingerprint density at radius 3 is 2.68 bits per heavy atom. The fourth-order valence-electron chi connectivity index (χ4n) is 5.50. The third kappa shape index (κ3) is 4.92. The first kappa shape index (κ1) is 25.2. The fraction of sp³-hybridized carbons (Fsp3) is 0.538. The first-order valence-corrected chi connectivity index (χ1v) is 12.7. The Labute approximate surface area is 215 Å². The zero-order valence-electron chi connectivity index (χ0n) is 21.7. The second-order valence-electron chi connectivity index (χ2n) is 10.9. The van der Waals surface area contributed by atoms with Crippen molar-refractivity contribution in [3.05, 3.63) is 35.9 Å². The van der Waals surface area contributed by atoms with Gasteiger partial charge in [-0.15, -0.1) is 0 Å². The highest BCUT2D eigenvalue weighted by atomic mass is 19.1. The summed E-state index contributed by atoms with van der Waals surface area (Å²) in [6.07, 6.45) is 3.98. The molecule has 0 spiro atoms. The van der Waals surface area contributed by atoms with Crippen LogP contribution >= 0.6 is 0 Å². The number of carboxylic acid groups (broad SMARTS) is 1. The van der Waals surface area contributed by atoms with Gasteiger partial charge in [0.05, 0.1) is 36.5 Å². The third-order valence-electron chi connectivity index (χ3n) is 7.15. The van der Waals surface area contributed by atoms with Crippen LogP contribution in [0.2, 0.25) is 0 Å². The predicted octanol–water partition coefficient (Wildman–Crippen LogP) is 4.04. The molecule has 2 aliphatic heterocycles. The Bertz CT molecular complexity index is 1300. The maximum Gasteiger partial charge on any atom is 0.407 e. The molecule has 2 atom stereocenters. The molecule has 0 aromatic carbocycles. The monoisotopic (exact) mass is 511 g/mol. The summed E-state index contributed by atoms with van der Waals surface area (Å²) in [5.41, 5.74) is 2.22. The van der Waals surface area contributed by atoms with Crippen LogP contribution < -0.4 is 10.2 Å². The van der Waals surface area contributed by atoms with Crippen LogP contribution in [-0.2, 0) is 4.74 Å². The van der Waals surface area contributed by atoms with Crippen molar-refractivity contribution in [3.63, 3.8) is 0 Å². The minimum absolute atomic E-state index is 0.0741. The van der Waals surface area contributed by atoms with Crippen LogP contribution in [0.15, 0.2) is 24.5 Å². The van der Waals surface area contributed by atoms with Crippen molar-refractivity contribution < 1.29 is 19.0 Å². The molecule has 10 nitrogen and oxygen atoms in total. The minimum atomic E-state index is -0.967. The molecule has 2 fully saturated rings. The molecular weight excluding hydrogens is 477 g/mol. The van der Waals surface area contributed by atoms with Crippen molar-refractivity contribution in [2.24, 2.45) is 5.41 Å². The van der Waals surface area contributed by atoms with Gasteiger partial charge in [-0.3, -0.25) is 0 Å². The number of rotatable bonds is 4. The number of piperidine rings is 1. The highest BCUT2D eigenvalue weighted by Gasteiger charge is 2.42. The normalized spacial score (nSPS) is 20.9. The van der Waals surface area contributed by atoms with Crippen LogP contribution in [0.4, 0.5) is 20.8 Å². The van der Waals surface area contributed by atoms with Gasteiger partial charge in [0.15, 0.2) is 17.5 Å². The number of nitrogens with zero attached hydrogens (tertiary/aromatic N) is 6. The van der Waals surface area contributed by atoms with Crippen molar-refractivity contribution in [2.45, 2.75) is 52.6 Å². The van der Waals surface area contributed by atoms with E-state index in [0.717, 1.165) is 11.1 Å². The van der Waals surface area contributed by atoms with E-state index in [2.05, 4.69) is 20.4 Å². The predicted molar refractivity (Wildman–Crippen MR) is 139 cm³/mol. The van der Waals surface area contributed by atoms with E-state index < -0.39 is 11.9 Å². The summed E-state index contributed by atoms with van der Waals surface area (Å²) in [6.45, 7) is 10.5. The van der Waals surface area contributed by atoms with Gasteiger partial charge in [-0.1, -0.05) is 20.8 Å². The summed E-state index contributed by atoms with van der Waals surface area (Å²) in [5, 5.41) is 17.6. The number of morpholine rings is 1. The molecular formula is C26H34FN7O3. The zero-order chi connectivity index (χ0) is 26.3. The number of halogens is 1. The molecule has 2 saturated heterocycles. The molecule has 1 unspecified atom stereocenters. The molecule has 0 aliphatic carbocycles. The van der Waals surface area contributed by atoms with E-state index in [9.17, 15) is 9.90 Å². The van der Waals surface area contributed by atoms with E-state index in [4.69, 9.17) is 4.74 Å². The first-order chi connectivity index (χ1) is 17.6. The van der Waals surface area contributed by atoms with Crippen molar-refractivity contribution in [1.29, 1.82) is 0 Å². The Balaban J connectivity index is 1.60. The average Bonchev–Trinajstić information content (AvgIpc) is 3.28. The first-order valence-electron chi connectivity index (χ1n) is 12.7. The molecule has 11 heteroatoms. The highest BCUT2D eigenvalue weighted by Crippen LogP contribution is 2.36. The van der Waals surface area contributed by atoms with Crippen molar-refractivity contribution in [2.75, 3.05) is 43.1 Å². The van der Waals surface area contributed by atoms with E-state index in [-0.39, 0.29) is 29.1 Å². The van der Waals surface area contributed by atoms with Gasteiger partial charge in [0, 0.05) is 31.9 Å². The quantitative estimate of drug-likeness (QED) is 0.540. The SMILES string of the molecule is Cc1ccn2ncc(-c3nc(N[C@@H]4CCCN(C(=O)O)C4C(C)(C)C)c(F)c(N4CCOCC4)n3)c2c1. The number of aryl methyl sites for hydroxylation is 1. The van der Waals surface area contributed by atoms with Gasteiger partial charge >= 0.3 is 6.09 Å². The number of nitrogens with one attached hydrogen (secondary N) is 1. The van der Waals surface area contributed by atoms with E-state index >= 15 is 4.39 Å². The Kier molecular flexibility index (Phi) is 6.65. The van der Waals surface area contributed by atoms with Crippen molar-refractivity contribution in [3.8, 4) is 11.4 Å². The highest BCUT2D eigenvalue weighted by molar-refractivity contribution is 5.77. The lowest BCUT2D eigenvalue weighted by molar-refractivity contribution is 0.0518. The number of hydrogen-bond donors (Lipinski definition) is 2. The summed E-state index contributed by atoms with van der Waals surface area (Å²) in [4.78, 5) is 24.7. The van der Waals surface area contributed by atoms with Crippen LogP contribution in [0.1, 0.15) is 39.2 Å². The number of likely N-dealkylation sites (tertiary alicyclic amines) is 1.